The van der Waals surface area contributed by atoms with Crippen molar-refractivity contribution >= 4 is 28.8 Å². The molecule has 1 N–H and O–H groups in total. The molecular weight excluding hydrogens is 433 g/mol. The number of halogens is 4. The maximum absolute atomic E-state index is 13.4. The summed E-state index contributed by atoms with van der Waals surface area (Å²) in [5.41, 5.74) is 0.947. The largest absolute Gasteiger partial charge is 0.433 e. The van der Waals surface area contributed by atoms with E-state index in [9.17, 15) is 18.0 Å². The molecule has 4 aromatic rings. The molecule has 0 saturated carbocycles. The van der Waals surface area contributed by atoms with Crippen molar-refractivity contribution in [2.24, 2.45) is 0 Å². The molecule has 0 aliphatic carbocycles. The van der Waals surface area contributed by atoms with Gasteiger partial charge in [-0.1, -0.05) is 35.9 Å². The highest BCUT2D eigenvalue weighted by molar-refractivity contribution is 6.37. The summed E-state index contributed by atoms with van der Waals surface area (Å²) in [5.74, 6) is -0.767. The van der Waals surface area contributed by atoms with Gasteiger partial charge in [-0.2, -0.15) is 23.4 Å². The number of fused-ring (bicyclic) bond motifs is 1. The van der Waals surface area contributed by atoms with E-state index in [0.717, 1.165) is 17.2 Å². The third-order valence-corrected chi connectivity index (χ3v) is 5.00. The number of aromatic nitrogens is 5. The third kappa shape index (κ3) is 4.11. The highest BCUT2D eigenvalue weighted by Crippen LogP contribution is 2.32. The fraction of sp³-hybridized carbons (Fsp3) is 0.200. The smallest absolute Gasteiger partial charge is 0.318 e. The van der Waals surface area contributed by atoms with Gasteiger partial charge in [0, 0.05) is 11.9 Å². The summed E-state index contributed by atoms with van der Waals surface area (Å²) in [4.78, 5) is 16.6. The van der Waals surface area contributed by atoms with Crippen LogP contribution in [-0.4, -0.2) is 30.3 Å². The molecule has 3 heterocycles. The van der Waals surface area contributed by atoms with Crippen LogP contribution in [0.15, 0.2) is 42.7 Å². The van der Waals surface area contributed by atoms with Crippen molar-refractivity contribution in [1.29, 1.82) is 0 Å². The van der Waals surface area contributed by atoms with Crippen molar-refractivity contribution in [2.75, 3.05) is 5.32 Å². The second-order valence-corrected chi connectivity index (χ2v) is 7.36. The maximum Gasteiger partial charge on any atom is 0.433 e. The van der Waals surface area contributed by atoms with Crippen LogP contribution in [-0.2, 0) is 12.7 Å². The summed E-state index contributed by atoms with van der Waals surface area (Å²) < 4.78 is 42.2. The van der Waals surface area contributed by atoms with E-state index >= 15 is 0 Å². The molecule has 0 atom stereocenters. The molecule has 0 spiro atoms. The molecule has 0 bridgehead atoms. The molecule has 31 heavy (non-hydrogen) atoms. The molecule has 0 radical (unpaired) electrons. The predicted octanol–water partition coefficient (Wildman–Crippen LogP) is 4.52. The van der Waals surface area contributed by atoms with Gasteiger partial charge in [0.15, 0.2) is 11.3 Å². The molecule has 11 heteroatoms. The molecule has 7 nitrogen and oxygen atoms in total. The zero-order chi connectivity index (χ0) is 22.3. The second-order valence-electron chi connectivity index (χ2n) is 6.99. The zero-order valence-corrected chi connectivity index (χ0v) is 17.2. The number of aryl methyl sites for hydroxylation is 2. The number of amides is 1. The Labute approximate surface area is 179 Å². The average molecular weight is 449 g/mol. The highest BCUT2D eigenvalue weighted by Gasteiger charge is 2.36. The number of carbonyl (C=O) groups excluding carboxylic acids is 1. The van der Waals surface area contributed by atoms with Crippen LogP contribution >= 0.6 is 11.6 Å². The van der Waals surface area contributed by atoms with Crippen LogP contribution in [0.25, 0.3) is 5.65 Å². The Bertz CT molecular complexity index is 1290. The molecule has 0 aliphatic rings. The van der Waals surface area contributed by atoms with Crippen LogP contribution in [0.5, 0.6) is 0 Å². The summed E-state index contributed by atoms with van der Waals surface area (Å²) >= 11 is 6.15. The summed E-state index contributed by atoms with van der Waals surface area (Å²) in [6.07, 6.45) is -1.65. The number of hydrogen-bond donors (Lipinski definition) is 1. The van der Waals surface area contributed by atoms with E-state index in [-0.39, 0.29) is 22.1 Å². The zero-order valence-electron chi connectivity index (χ0n) is 16.4. The van der Waals surface area contributed by atoms with Crippen LogP contribution in [0.4, 0.5) is 18.9 Å². The summed E-state index contributed by atoms with van der Waals surface area (Å²) in [6, 6.07) is 8.65. The van der Waals surface area contributed by atoms with Crippen molar-refractivity contribution in [2.45, 2.75) is 26.6 Å². The fourth-order valence-electron chi connectivity index (χ4n) is 3.13. The first kappa shape index (κ1) is 20.9. The Morgan fingerprint density at radius 2 is 1.97 bits per heavy atom. The molecule has 0 unspecified atom stereocenters. The number of anilines is 1. The monoisotopic (exact) mass is 448 g/mol. The first-order valence-electron chi connectivity index (χ1n) is 9.15. The van der Waals surface area contributed by atoms with E-state index in [2.05, 4.69) is 20.5 Å². The Kier molecular flexibility index (Phi) is 5.18. The molecule has 0 fully saturated rings. The molecule has 0 saturated heterocycles. The SMILES string of the molecule is Cc1cc(C(F)(F)F)n2nc(C(=O)Nc3cnn(Cc4ccccc4C)c3)c(Cl)c2n1. The summed E-state index contributed by atoms with van der Waals surface area (Å²) in [7, 11) is 0. The van der Waals surface area contributed by atoms with Gasteiger partial charge in [-0.3, -0.25) is 9.48 Å². The molecular formula is C20H16ClF3N6O. The van der Waals surface area contributed by atoms with Crippen molar-refractivity contribution in [3.8, 4) is 0 Å². The summed E-state index contributed by atoms with van der Waals surface area (Å²) in [5, 5.41) is 10.3. The van der Waals surface area contributed by atoms with Gasteiger partial charge in [0.25, 0.3) is 5.91 Å². The minimum absolute atomic E-state index is 0.103. The number of nitrogens with zero attached hydrogens (tertiary/aromatic N) is 5. The van der Waals surface area contributed by atoms with Crippen LogP contribution in [0.3, 0.4) is 0 Å². The van der Waals surface area contributed by atoms with E-state index < -0.39 is 17.8 Å². The standard InChI is InChI=1S/C20H16ClF3N6O/c1-11-5-3-4-6-13(11)9-29-10-14(8-25-29)27-19(31)17-16(21)18-26-12(2)7-15(20(22,23)24)30(18)28-17/h3-8,10H,9H2,1-2H3,(H,27,31). The number of hydrogen-bond acceptors (Lipinski definition) is 4. The highest BCUT2D eigenvalue weighted by atomic mass is 35.5. The number of benzene rings is 1. The number of alkyl halides is 3. The topological polar surface area (TPSA) is 77.1 Å². The van der Waals surface area contributed by atoms with Gasteiger partial charge in [-0.25, -0.2) is 9.50 Å². The van der Waals surface area contributed by atoms with Gasteiger partial charge in [0.1, 0.15) is 10.7 Å². The summed E-state index contributed by atoms with van der Waals surface area (Å²) in [6.45, 7) is 3.88. The quantitative estimate of drug-likeness (QED) is 0.498. The molecule has 1 amide bonds. The first-order valence-corrected chi connectivity index (χ1v) is 9.52. The van der Waals surface area contributed by atoms with Crippen molar-refractivity contribution in [3.63, 3.8) is 0 Å². The van der Waals surface area contributed by atoms with Gasteiger partial charge in [-0.05, 0) is 31.0 Å². The minimum Gasteiger partial charge on any atom is -0.318 e. The van der Waals surface area contributed by atoms with Crippen molar-refractivity contribution in [3.05, 3.63) is 76.0 Å². The van der Waals surface area contributed by atoms with Crippen LogP contribution < -0.4 is 5.32 Å². The van der Waals surface area contributed by atoms with E-state index in [0.29, 0.717) is 16.7 Å². The Hall–Kier alpha value is -3.40. The first-order chi connectivity index (χ1) is 14.6. The van der Waals surface area contributed by atoms with Crippen molar-refractivity contribution < 1.29 is 18.0 Å². The van der Waals surface area contributed by atoms with Crippen molar-refractivity contribution in [1.82, 2.24) is 24.4 Å². The maximum atomic E-state index is 13.4. The Balaban J connectivity index is 1.60. The third-order valence-electron chi connectivity index (χ3n) is 4.65. The van der Waals surface area contributed by atoms with E-state index in [4.69, 9.17) is 11.6 Å². The van der Waals surface area contributed by atoms with Gasteiger partial charge in [0.05, 0.1) is 18.4 Å². The van der Waals surface area contributed by atoms with Gasteiger partial charge < -0.3 is 5.32 Å². The molecule has 160 valence electrons. The number of rotatable bonds is 4. The molecule has 0 aliphatic heterocycles. The lowest BCUT2D eigenvalue weighted by Crippen LogP contribution is -2.15. The second kappa shape index (κ2) is 7.69. The van der Waals surface area contributed by atoms with Gasteiger partial charge in [0.2, 0.25) is 0 Å². The normalized spacial score (nSPS) is 11.8. The average Bonchev–Trinajstić information content (AvgIpc) is 3.27. The van der Waals surface area contributed by atoms with Crippen LogP contribution in [0.2, 0.25) is 5.02 Å². The van der Waals surface area contributed by atoms with Gasteiger partial charge in [-0.15, -0.1) is 0 Å². The Morgan fingerprint density at radius 3 is 2.68 bits per heavy atom. The fourth-order valence-corrected chi connectivity index (χ4v) is 3.37. The van der Waals surface area contributed by atoms with Gasteiger partial charge >= 0.3 is 6.18 Å². The Morgan fingerprint density at radius 1 is 1.23 bits per heavy atom. The molecule has 1 aromatic carbocycles. The molecule has 3 aromatic heterocycles. The lowest BCUT2D eigenvalue weighted by atomic mass is 10.1. The van der Waals surface area contributed by atoms with E-state index in [1.165, 1.54) is 13.1 Å². The lowest BCUT2D eigenvalue weighted by molar-refractivity contribution is -0.142. The number of nitrogens with one attached hydrogen (secondary N) is 1. The van der Waals surface area contributed by atoms with Crippen LogP contribution in [0.1, 0.15) is 33.0 Å². The molecule has 4 rings (SSSR count). The lowest BCUT2D eigenvalue weighted by Gasteiger charge is -2.09. The minimum atomic E-state index is -4.69. The predicted molar refractivity (Wildman–Crippen MR) is 108 cm³/mol. The van der Waals surface area contributed by atoms with E-state index in [1.807, 2.05) is 31.2 Å². The van der Waals surface area contributed by atoms with E-state index in [1.54, 1.807) is 10.9 Å². The number of carbonyl (C=O) groups is 1. The van der Waals surface area contributed by atoms with Crippen LogP contribution in [0, 0.1) is 13.8 Å².